The van der Waals surface area contributed by atoms with Crippen LogP contribution in [-0.2, 0) is 38.1 Å². The van der Waals surface area contributed by atoms with Crippen molar-refractivity contribution in [1.29, 1.82) is 0 Å². The first kappa shape index (κ1) is 37.4. The van der Waals surface area contributed by atoms with Crippen molar-refractivity contribution in [2.45, 2.75) is 148 Å². The molecule has 1 N–H and O–H groups in total. The first-order chi connectivity index (χ1) is 21.7. The molecule has 45 heavy (non-hydrogen) atoms. The number of esters is 1. The van der Waals surface area contributed by atoms with Crippen LogP contribution in [0.25, 0.3) is 0 Å². The molecule has 0 amide bonds. The fraction of sp³-hybridized carbons (Fsp3) is 0.806. The zero-order valence-electron chi connectivity index (χ0n) is 27.9. The van der Waals surface area contributed by atoms with Crippen LogP contribution in [0.3, 0.4) is 0 Å². The Morgan fingerprint density at radius 2 is 1.73 bits per heavy atom. The molecule has 6 atom stereocenters. The summed E-state index contributed by atoms with van der Waals surface area (Å²) >= 11 is 0. The number of rotatable bonds is 20. The molecule has 0 spiro atoms. The summed E-state index contributed by atoms with van der Waals surface area (Å²) in [5, 5.41) is 8.67. The van der Waals surface area contributed by atoms with Crippen LogP contribution < -0.4 is 0 Å². The van der Waals surface area contributed by atoms with E-state index in [-0.39, 0.29) is 67.3 Å². The highest BCUT2D eigenvalue weighted by Crippen LogP contribution is 2.39. The summed E-state index contributed by atoms with van der Waals surface area (Å²) in [7, 11) is 0. The fourth-order valence-corrected chi connectivity index (χ4v) is 6.33. The van der Waals surface area contributed by atoms with E-state index in [2.05, 4.69) is 45.1 Å². The van der Waals surface area contributed by atoms with Gasteiger partial charge in [0.2, 0.25) is 0 Å². The van der Waals surface area contributed by atoms with Gasteiger partial charge in [0, 0.05) is 31.5 Å². The number of hydrogen-bond acceptors (Lipinski definition) is 8. The van der Waals surface area contributed by atoms with E-state index in [0.717, 1.165) is 77.2 Å². The maximum atomic E-state index is 13.4. The highest BCUT2D eigenvalue weighted by Gasteiger charge is 2.43. The summed E-state index contributed by atoms with van der Waals surface area (Å²) in [5.74, 6) is -1.50. The molecular formula is C36H58O9. The average molecular weight is 635 g/mol. The molecule has 3 fully saturated rings. The van der Waals surface area contributed by atoms with E-state index in [4.69, 9.17) is 28.8 Å². The molecule has 3 rings (SSSR count). The molecule has 2 unspecified atom stereocenters. The smallest absolute Gasteiger partial charge is 0.306 e. The van der Waals surface area contributed by atoms with E-state index >= 15 is 0 Å². The second kappa shape index (κ2) is 20.2. The van der Waals surface area contributed by atoms with Gasteiger partial charge in [-0.05, 0) is 76.0 Å². The van der Waals surface area contributed by atoms with E-state index in [9.17, 15) is 14.4 Å². The number of Topliss-reactive ketones (excluding diaryl/α,β-unsaturated/α-hetero) is 1. The summed E-state index contributed by atoms with van der Waals surface area (Å²) in [6.07, 6.45) is 20.2. The second-order valence-corrected chi connectivity index (χ2v) is 13.5. The van der Waals surface area contributed by atoms with Gasteiger partial charge >= 0.3 is 11.9 Å². The average Bonchev–Trinajstić information content (AvgIpc) is 3.32. The van der Waals surface area contributed by atoms with Crippen molar-refractivity contribution in [1.82, 2.24) is 0 Å². The van der Waals surface area contributed by atoms with Gasteiger partial charge in [-0.1, -0.05) is 57.9 Å². The first-order valence-corrected chi connectivity index (χ1v) is 17.5. The maximum absolute atomic E-state index is 13.4. The van der Waals surface area contributed by atoms with E-state index in [0.29, 0.717) is 25.9 Å². The Kier molecular flexibility index (Phi) is 16.8. The van der Waals surface area contributed by atoms with Gasteiger partial charge in [0.15, 0.2) is 12.6 Å². The van der Waals surface area contributed by atoms with Crippen LogP contribution in [-0.4, -0.2) is 67.4 Å². The standard InChI is InChI=1S/C36H58O9/c1-4-5-22-36(2,3)31(45-35-17-11-14-25-43-35)19-18-28-27(29(37)26-30(28)44-34-16-10-13-24-42-34)15-9-7-6-8-12-23-41-33(40)21-20-32(38)39/h7,9,18-19,27-28,30-31,34-35H,4-6,8,10-17,20-26H2,1-3H3,(H,38,39)/t27-,28-,30-,31-,34?,35?/m1/s1. The molecule has 1 aliphatic carbocycles. The SMILES string of the molecule is CCCCC(C)(C)[C@@H](C=C[C@H]1[C@H](OC2CCCCO2)CC(=O)[C@@H]1CC=CCCCCOC(=O)CCC(=O)O)OC1CCCCO1. The van der Waals surface area contributed by atoms with Gasteiger partial charge in [-0.2, -0.15) is 0 Å². The lowest BCUT2D eigenvalue weighted by Gasteiger charge is -2.36. The maximum Gasteiger partial charge on any atom is 0.306 e. The Bertz CT molecular complexity index is 946. The molecule has 0 radical (unpaired) electrons. The van der Waals surface area contributed by atoms with E-state index < -0.39 is 11.9 Å². The van der Waals surface area contributed by atoms with Gasteiger partial charge in [-0.15, -0.1) is 0 Å². The number of carbonyl (C=O) groups excluding carboxylic acids is 2. The quantitative estimate of drug-likeness (QED) is 0.0835. The molecule has 1 saturated carbocycles. The Hall–Kier alpha value is -2.07. The lowest BCUT2D eigenvalue weighted by atomic mass is 9.80. The van der Waals surface area contributed by atoms with Gasteiger partial charge in [0.25, 0.3) is 0 Å². The molecule has 0 bridgehead atoms. The van der Waals surface area contributed by atoms with Crippen LogP contribution in [0.2, 0.25) is 0 Å². The molecule has 2 aliphatic heterocycles. The zero-order chi connectivity index (χ0) is 32.5. The van der Waals surface area contributed by atoms with Gasteiger partial charge in [0.1, 0.15) is 5.78 Å². The lowest BCUT2D eigenvalue weighted by molar-refractivity contribution is -0.198. The molecule has 3 aliphatic rings. The van der Waals surface area contributed by atoms with Gasteiger partial charge in [-0.25, -0.2) is 0 Å². The monoisotopic (exact) mass is 634 g/mol. The normalized spacial score (nSPS) is 26.9. The molecule has 256 valence electrons. The summed E-state index contributed by atoms with van der Waals surface area (Å²) < 4.78 is 30.0. The molecule has 9 nitrogen and oxygen atoms in total. The molecular weight excluding hydrogens is 576 g/mol. The third-order valence-electron chi connectivity index (χ3n) is 9.19. The summed E-state index contributed by atoms with van der Waals surface area (Å²) in [5.41, 5.74) is -0.0846. The number of ether oxygens (including phenoxy) is 5. The fourth-order valence-electron chi connectivity index (χ4n) is 6.33. The van der Waals surface area contributed by atoms with E-state index in [1.807, 2.05) is 0 Å². The molecule has 0 aromatic heterocycles. The van der Waals surface area contributed by atoms with Crippen molar-refractivity contribution >= 4 is 17.7 Å². The van der Waals surface area contributed by atoms with Crippen molar-refractivity contribution in [3.05, 3.63) is 24.3 Å². The van der Waals surface area contributed by atoms with Crippen molar-refractivity contribution in [2.75, 3.05) is 19.8 Å². The molecule has 2 heterocycles. The molecule has 2 saturated heterocycles. The Labute approximate surface area is 270 Å². The molecule has 9 heteroatoms. The van der Waals surface area contributed by atoms with Crippen LogP contribution in [0.1, 0.15) is 124 Å². The summed E-state index contributed by atoms with van der Waals surface area (Å²) in [4.78, 5) is 35.5. The van der Waals surface area contributed by atoms with Crippen LogP contribution in [0.4, 0.5) is 0 Å². The number of allylic oxidation sites excluding steroid dienone is 2. The summed E-state index contributed by atoms with van der Waals surface area (Å²) in [6, 6.07) is 0. The predicted octanol–water partition coefficient (Wildman–Crippen LogP) is 7.31. The minimum Gasteiger partial charge on any atom is -0.481 e. The first-order valence-electron chi connectivity index (χ1n) is 17.5. The van der Waals surface area contributed by atoms with Crippen molar-refractivity contribution < 1.29 is 43.2 Å². The molecule has 0 aromatic rings. The van der Waals surface area contributed by atoms with Crippen LogP contribution >= 0.6 is 0 Å². The Morgan fingerprint density at radius 1 is 1.00 bits per heavy atom. The van der Waals surface area contributed by atoms with Crippen LogP contribution in [0.15, 0.2) is 24.3 Å². The third kappa shape index (κ3) is 13.7. The zero-order valence-corrected chi connectivity index (χ0v) is 27.9. The summed E-state index contributed by atoms with van der Waals surface area (Å²) in [6.45, 7) is 8.46. The topological polar surface area (TPSA) is 118 Å². The van der Waals surface area contributed by atoms with Gasteiger partial charge in [-0.3, -0.25) is 14.4 Å². The highest BCUT2D eigenvalue weighted by atomic mass is 16.7. The number of aliphatic carboxylic acids is 1. The minimum absolute atomic E-state index is 0.0711. The van der Waals surface area contributed by atoms with Crippen molar-refractivity contribution in [3.8, 4) is 0 Å². The number of carbonyl (C=O) groups is 3. The lowest BCUT2D eigenvalue weighted by Crippen LogP contribution is -2.37. The predicted molar refractivity (Wildman–Crippen MR) is 171 cm³/mol. The minimum atomic E-state index is -1.01. The number of carboxylic acids is 1. The van der Waals surface area contributed by atoms with E-state index in [1.54, 1.807) is 0 Å². The number of unbranched alkanes of at least 4 members (excludes halogenated alkanes) is 3. The second-order valence-electron chi connectivity index (χ2n) is 13.5. The Morgan fingerprint density at radius 3 is 2.40 bits per heavy atom. The van der Waals surface area contributed by atoms with Crippen molar-refractivity contribution in [2.24, 2.45) is 17.3 Å². The van der Waals surface area contributed by atoms with Gasteiger partial charge < -0.3 is 28.8 Å². The van der Waals surface area contributed by atoms with Crippen molar-refractivity contribution in [3.63, 3.8) is 0 Å². The van der Waals surface area contributed by atoms with E-state index in [1.165, 1.54) is 0 Å². The Balaban J connectivity index is 1.63. The number of hydrogen-bond donors (Lipinski definition) is 1. The van der Waals surface area contributed by atoms with Gasteiger partial charge in [0.05, 0.1) is 31.7 Å². The van der Waals surface area contributed by atoms with Crippen LogP contribution in [0.5, 0.6) is 0 Å². The van der Waals surface area contributed by atoms with Crippen LogP contribution in [0, 0.1) is 17.3 Å². The number of ketones is 1. The largest absolute Gasteiger partial charge is 0.481 e. The number of carboxylic acid groups (broad SMARTS) is 1. The molecule has 0 aromatic carbocycles. The highest BCUT2D eigenvalue weighted by molar-refractivity contribution is 5.85. The third-order valence-corrected chi connectivity index (χ3v) is 9.19.